The molecule has 61 heavy (non-hydrogen) atoms. The molecule has 14 nitrogen and oxygen atoms in total. The van der Waals surface area contributed by atoms with E-state index in [1.807, 2.05) is 18.2 Å². The maximum Gasteiger partial charge on any atom is 0.236 e. The van der Waals surface area contributed by atoms with Gasteiger partial charge in [-0.15, -0.1) is 0 Å². The van der Waals surface area contributed by atoms with Crippen LogP contribution >= 0.6 is 27.5 Å². The Bertz CT molecular complexity index is 2600. The highest BCUT2D eigenvalue weighted by Crippen LogP contribution is 2.38. The molecule has 0 spiro atoms. The van der Waals surface area contributed by atoms with Crippen LogP contribution < -0.4 is 25.6 Å². The number of benzene rings is 3. The van der Waals surface area contributed by atoms with Crippen molar-refractivity contribution in [2.24, 2.45) is 0 Å². The number of methoxy groups -OCH3 is 1. The molecule has 322 valence electrons. The quantitative estimate of drug-likeness (QED) is 0.111. The third kappa shape index (κ3) is 9.36. The maximum atomic E-state index is 15.2. The molecule has 1 unspecified atom stereocenters. The normalized spacial score (nSPS) is 18.4. The van der Waals surface area contributed by atoms with Gasteiger partial charge in [0.2, 0.25) is 27.8 Å². The van der Waals surface area contributed by atoms with Gasteiger partial charge in [0.25, 0.3) is 0 Å². The second kappa shape index (κ2) is 17.9. The maximum absolute atomic E-state index is 15.2. The first-order valence-electron chi connectivity index (χ1n) is 20.3. The largest absolute Gasteiger partial charge is 0.494 e. The van der Waals surface area contributed by atoms with Crippen molar-refractivity contribution in [3.63, 3.8) is 0 Å². The SMILES string of the molecule is COc1cc(N2CCC(N3CCN(CCc4cc(Cl)c(C5CCC(=O)NC5=O)cc4F)CC3)CC2)c(C)cc1Nc1ncc(Br)c(Nc2cccc3ccn(S(C)(=O)=O)c23)n1. The predicted molar refractivity (Wildman–Crippen MR) is 240 cm³/mol. The van der Waals surface area contributed by atoms with Crippen molar-refractivity contribution >= 4 is 89.1 Å². The van der Waals surface area contributed by atoms with Crippen LogP contribution in [0.5, 0.6) is 5.75 Å². The fraction of sp³-hybridized carbons (Fsp3) is 0.395. The summed E-state index contributed by atoms with van der Waals surface area (Å²) in [5.74, 6) is -0.285. The molecule has 1 atom stereocenters. The van der Waals surface area contributed by atoms with Crippen LogP contribution in [0.2, 0.25) is 5.02 Å². The summed E-state index contributed by atoms with van der Waals surface area (Å²) in [5.41, 5.74) is 4.99. The van der Waals surface area contributed by atoms with Crippen molar-refractivity contribution < 1.29 is 27.1 Å². The zero-order valence-corrected chi connectivity index (χ0v) is 37.3. The lowest BCUT2D eigenvalue weighted by atomic mass is 9.89. The second-order valence-corrected chi connectivity index (χ2v) is 19.0. The van der Waals surface area contributed by atoms with Crippen molar-refractivity contribution in [1.29, 1.82) is 0 Å². The van der Waals surface area contributed by atoms with E-state index in [1.54, 1.807) is 37.7 Å². The van der Waals surface area contributed by atoms with E-state index in [9.17, 15) is 18.0 Å². The number of aryl methyl sites for hydroxylation is 1. The summed E-state index contributed by atoms with van der Waals surface area (Å²) in [5, 5.41) is 10.1. The van der Waals surface area contributed by atoms with Gasteiger partial charge in [-0.3, -0.25) is 19.8 Å². The van der Waals surface area contributed by atoms with Gasteiger partial charge in [0.1, 0.15) is 17.4 Å². The van der Waals surface area contributed by atoms with Gasteiger partial charge in [-0.25, -0.2) is 21.8 Å². The number of piperazine rings is 1. The molecule has 3 saturated heterocycles. The third-order valence-corrected chi connectivity index (χ3v) is 13.9. The zero-order valence-electron chi connectivity index (χ0n) is 34.2. The Morgan fingerprint density at radius 2 is 1.77 bits per heavy atom. The number of halogens is 3. The van der Waals surface area contributed by atoms with E-state index < -0.39 is 21.8 Å². The minimum Gasteiger partial charge on any atom is -0.494 e. The highest BCUT2D eigenvalue weighted by atomic mass is 79.9. The lowest BCUT2D eigenvalue weighted by Crippen LogP contribution is -2.53. The smallest absolute Gasteiger partial charge is 0.236 e. The fourth-order valence-electron chi connectivity index (χ4n) is 8.74. The number of rotatable bonds is 12. The van der Waals surface area contributed by atoms with Crippen LogP contribution in [-0.4, -0.2) is 109 Å². The van der Waals surface area contributed by atoms with Crippen LogP contribution in [0.4, 0.5) is 33.2 Å². The van der Waals surface area contributed by atoms with Crippen molar-refractivity contribution in [3.05, 3.63) is 92.9 Å². The summed E-state index contributed by atoms with van der Waals surface area (Å²) in [4.78, 5) is 40.5. The first-order valence-corrected chi connectivity index (χ1v) is 23.4. The average Bonchev–Trinajstić information content (AvgIpc) is 3.69. The Kier molecular flexibility index (Phi) is 12.6. The number of fused-ring (bicyclic) bond motifs is 1. The molecule has 3 N–H and O–H groups in total. The molecule has 5 aromatic rings. The molecule has 0 radical (unpaired) electrons. The monoisotopic (exact) mass is 935 g/mol. The number of aromatic nitrogens is 3. The standard InChI is InChI=1S/C43H48BrClFN9O5S/c1-26-21-36(49-43-47-25-32(44)41(51-43)48-35-6-4-5-27-10-16-55(40(27)35)61(3,58)59)38(60-2)24-37(26)54-14-11-29(12-15-54)53-19-17-52(18-20-53)13-9-28-22-33(45)31(23-34(28)46)30-7-8-39(56)50-42(30)57/h4-6,10,16,21-25,29-30H,7-9,11-15,17-20H2,1-3H3,(H,50,56,57)(H2,47,48,49,51). The molecule has 0 aliphatic carbocycles. The summed E-state index contributed by atoms with van der Waals surface area (Å²) in [6, 6.07) is 14.9. The Morgan fingerprint density at radius 1 is 1.00 bits per heavy atom. The van der Waals surface area contributed by atoms with Gasteiger partial charge in [-0.1, -0.05) is 23.7 Å². The van der Waals surface area contributed by atoms with Gasteiger partial charge in [0.05, 0.1) is 40.6 Å². The van der Waals surface area contributed by atoms with Gasteiger partial charge in [0, 0.05) is 92.8 Å². The number of amides is 2. The van der Waals surface area contributed by atoms with E-state index in [1.165, 1.54) is 16.3 Å². The molecule has 3 aliphatic rings. The molecular formula is C43H48BrClFN9O5S. The number of nitrogens with zero attached hydrogens (tertiary/aromatic N) is 6. The molecule has 2 amide bonds. The van der Waals surface area contributed by atoms with E-state index in [2.05, 4.69) is 64.6 Å². The number of nitrogens with one attached hydrogen (secondary N) is 3. The molecular weight excluding hydrogens is 889 g/mol. The van der Waals surface area contributed by atoms with E-state index in [-0.39, 0.29) is 18.1 Å². The van der Waals surface area contributed by atoms with Crippen LogP contribution in [0.1, 0.15) is 48.3 Å². The van der Waals surface area contributed by atoms with Gasteiger partial charge < -0.3 is 25.2 Å². The van der Waals surface area contributed by atoms with Crippen LogP contribution in [0.3, 0.4) is 0 Å². The van der Waals surface area contributed by atoms with Crippen LogP contribution in [0.15, 0.2) is 65.4 Å². The number of para-hydroxylation sites is 1. The Balaban J connectivity index is 0.851. The van der Waals surface area contributed by atoms with Crippen LogP contribution in [0, 0.1) is 12.7 Å². The van der Waals surface area contributed by atoms with Gasteiger partial charge in [-0.05, 0) is 95.6 Å². The minimum atomic E-state index is -3.54. The number of imide groups is 1. The van der Waals surface area contributed by atoms with Crippen LogP contribution in [-0.2, 0) is 26.0 Å². The second-order valence-electron chi connectivity index (χ2n) is 15.9. The summed E-state index contributed by atoms with van der Waals surface area (Å²) in [7, 11) is -1.89. The van der Waals surface area contributed by atoms with Gasteiger partial charge in [-0.2, -0.15) is 4.98 Å². The van der Waals surface area contributed by atoms with Crippen molar-refractivity contribution in [2.45, 2.75) is 51.0 Å². The molecule has 0 bridgehead atoms. The zero-order chi connectivity index (χ0) is 43.0. The van der Waals surface area contributed by atoms with Gasteiger partial charge in [0.15, 0.2) is 0 Å². The predicted octanol–water partition coefficient (Wildman–Crippen LogP) is 6.95. The molecule has 3 aliphatic heterocycles. The molecule has 3 fully saturated rings. The Morgan fingerprint density at radius 3 is 2.49 bits per heavy atom. The van der Waals surface area contributed by atoms with Gasteiger partial charge >= 0.3 is 0 Å². The van der Waals surface area contributed by atoms with Crippen molar-refractivity contribution in [2.75, 3.05) is 74.7 Å². The molecule has 5 heterocycles. The lowest BCUT2D eigenvalue weighted by molar-refractivity contribution is -0.134. The van der Waals surface area contributed by atoms with Crippen molar-refractivity contribution in [1.82, 2.24) is 29.1 Å². The number of anilines is 5. The van der Waals surface area contributed by atoms with E-state index in [0.717, 1.165) is 68.7 Å². The average molecular weight is 937 g/mol. The highest BCUT2D eigenvalue weighted by Gasteiger charge is 2.31. The Labute approximate surface area is 368 Å². The molecule has 18 heteroatoms. The summed E-state index contributed by atoms with van der Waals surface area (Å²) < 4.78 is 47.9. The van der Waals surface area contributed by atoms with Crippen LogP contribution in [0.25, 0.3) is 10.9 Å². The summed E-state index contributed by atoms with van der Waals surface area (Å²) in [6.45, 7) is 8.35. The number of hydrogen-bond donors (Lipinski definition) is 3. The summed E-state index contributed by atoms with van der Waals surface area (Å²) >= 11 is 10.1. The Hall–Kier alpha value is -4.81. The number of ether oxygens (including phenoxy) is 1. The first-order chi connectivity index (χ1) is 29.2. The van der Waals surface area contributed by atoms with E-state index >= 15 is 4.39 Å². The summed E-state index contributed by atoms with van der Waals surface area (Å²) in [6.07, 6.45) is 7.48. The number of piperidine rings is 2. The minimum absolute atomic E-state index is 0.212. The topological polar surface area (TPSA) is 154 Å². The lowest BCUT2D eigenvalue weighted by Gasteiger charge is -2.43. The molecule has 0 saturated carbocycles. The first kappa shape index (κ1) is 42.9. The van der Waals surface area contributed by atoms with Crippen molar-refractivity contribution in [3.8, 4) is 5.75 Å². The third-order valence-electron chi connectivity index (χ3n) is 12.0. The number of carbonyl (C=O) groups excluding carboxylic acids is 2. The van der Waals surface area contributed by atoms with E-state index in [0.29, 0.717) is 80.5 Å². The molecule has 2 aromatic heterocycles. The number of carbonyl (C=O) groups is 2. The fourth-order valence-corrected chi connectivity index (χ4v) is 10.2. The highest BCUT2D eigenvalue weighted by molar-refractivity contribution is 9.10. The molecule has 3 aromatic carbocycles. The van der Waals surface area contributed by atoms with E-state index in [4.69, 9.17) is 21.3 Å². The number of hydrogen-bond acceptors (Lipinski definition) is 12. The molecule has 8 rings (SSSR count).